The van der Waals surface area contributed by atoms with Gasteiger partial charge in [-0.1, -0.05) is 42.5 Å². The van der Waals surface area contributed by atoms with Gasteiger partial charge in [0.05, 0.1) is 12.4 Å². The second-order valence-corrected chi connectivity index (χ2v) is 7.00. The van der Waals surface area contributed by atoms with E-state index in [4.69, 9.17) is 4.42 Å². The molecule has 0 aliphatic carbocycles. The molecule has 1 heterocycles. The number of thioether (sulfide) groups is 1. The first-order valence-electron chi connectivity index (χ1n) is 8.49. The molecular formula is C21H21NO3S. The Balaban J connectivity index is 1.41. The summed E-state index contributed by atoms with van der Waals surface area (Å²) in [6.07, 6.45) is 1.32. The van der Waals surface area contributed by atoms with Crippen LogP contribution in [0.1, 0.15) is 18.1 Å². The van der Waals surface area contributed by atoms with E-state index in [9.17, 15) is 9.90 Å². The summed E-state index contributed by atoms with van der Waals surface area (Å²) in [6.45, 7) is 0.203. The number of furan rings is 1. The molecule has 26 heavy (non-hydrogen) atoms. The van der Waals surface area contributed by atoms with Gasteiger partial charge in [-0.25, -0.2) is 0 Å². The molecule has 5 heteroatoms. The van der Waals surface area contributed by atoms with Crippen molar-refractivity contribution in [2.45, 2.75) is 17.4 Å². The lowest BCUT2D eigenvalue weighted by Crippen LogP contribution is -2.28. The average Bonchev–Trinajstić information content (AvgIpc) is 3.22. The lowest BCUT2D eigenvalue weighted by Gasteiger charge is -2.12. The summed E-state index contributed by atoms with van der Waals surface area (Å²) in [5.74, 6) is 1.44. The van der Waals surface area contributed by atoms with E-state index in [0.717, 1.165) is 21.8 Å². The Labute approximate surface area is 157 Å². The lowest BCUT2D eigenvalue weighted by atomic mass is 10.1. The molecule has 134 valence electrons. The van der Waals surface area contributed by atoms with Crippen molar-refractivity contribution in [3.8, 4) is 11.3 Å². The first-order valence-corrected chi connectivity index (χ1v) is 9.47. The van der Waals surface area contributed by atoms with E-state index in [1.807, 2.05) is 66.7 Å². The Hall–Kier alpha value is -2.50. The lowest BCUT2D eigenvalue weighted by molar-refractivity contribution is -0.121. The van der Waals surface area contributed by atoms with Crippen molar-refractivity contribution >= 4 is 17.7 Å². The van der Waals surface area contributed by atoms with Crippen LogP contribution < -0.4 is 5.32 Å². The van der Waals surface area contributed by atoms with Crippen molar-refractivity contribution in [2.75, 3.05) is 12.3 Å². The Bertz CT molecular complexity index is 801. The molecule has 1 aromatic heterocycles. The molecule has 0 radical (unpaired) electrons. The van der Waals surface area contributed by atoms with Crippen molar-refractivity contribution in [1.82, 2.24) is 5.32 Å². The SMILES string of the molecule is O=C(CCSc1ccccc1)NC[C@H](O)c1ccc(-c2ccco2)cc1. The van der Waals surface area contributed by atoms with Crippen molar-refractivity contribution in [3.63, 3.8) is 0 Å². The van der Waals surface area contributed by atoms with Gasteiger partial charge in [0.1, 0.15) is 5.76 Å². The predicted octanol–water partition coefficient (Wildman–Crippen LogP) is 4.28. The van der Waals surface area contributed by atoms with Gasteiger partial charge in [0.15, 0.2) is 0 Å². The zero-order valence-corrected chi connectivity index (χ0v) is 15.1. The van der Waals surface area contributed by atoms with E-state index in [-0.39, 0.29) is 12.5 Å². The van der Waals surface area contributed by atoms with Gasteiger partial charge in [0.2, 0.25) is 5.91 Å². The fourth-order valence-electron chi connectivity index (χ4n) is 2.51. The van der Waals surface area contributed by atoms with Gasteiger partial charge in [-0.3, -0.25) is 4.79 Å². The number of amides is 1. The molecule has 0 aliphatic heterocycles. The largest absolute Gasteiger partial charge is 0.464 e. The first kappa shape index (κ1) is 18.3. The molecule has 0 spiro atoms. The minimum Gasteiger partial charge on any atom is -0.464 e. The molecule has 2 aromatic carbocycles. The molecule has 3 aromatic rings. The fourth-order valence-corrected chi connectivity index (χ4v) is 3.38. The molecule has 1 amide bonds. The molecule has 0 fully saturated rings. The number of hydrogen-bond donors (Lipinski definition) is 2. The highest BCUT2D eigenvalue weighted by molar-refractivity contribution is 7.99. The van der Waals surface area contributed by atoms with Crippen LogP contribution in [-0.4, -0.2) is 23.3 Å². The van der Waals surface area contributed by atoms with E-state index in [2.05, 4.69) is 5.32 Å². The standard InChI is InChI=1S/C21H21NO3S/c23-19(16-8-10-17(11-9-16)20-7-4-13-25-20)15-22-21(24)12-14-26-18-5-2-1-3-6-18/h1-11,13,19,23H,12,14-15H2,(H,22,24)/t19-/m0/s1. The minimum atomic E-state index is -0.730. The Morgan fingerprint density at radius 1 is 1.04 bits per heavy atom. The van der Waals surface area contributed by atoms with Crippen molar-refractivity contribution in [2.24, 2.45) is 0 Å². The number of carbonyl (C=O) groups excluding carboxylic acids is 1. The zero-order chi connectivity index (χ0) is 18.2. The number of aliphatic hydroxyl groups excluding tert-OH is 1. The third kappa shape index (κ3) is 5.25. The molecule has 0 bridgehead atoms. The predicted molar refractivity (Wildman–Crippen MR) is 104 cm³/mol. The van der Waals surface area contributed by atoms with Crippen LogP contribution in [0.4, 0.5) is 0 Å². The molecule has 0 unspecified atom stereocenters. The topological polar surface area (TPSA) is 62.5 Å². The Morgan fingerprint density at radius 3 is 2.50 bits per heavy atom. The van der Waals surface area contributed by atoms with Crippen LogP contribution in [0.5, 0.6) is 0 Å². The molecule has 0 saturated heterocycles. The van der Waals surface area contributed by atoms with Gasteiger partial charge in [-0.05, 0) is 29.8 Å². The van der Waals surface area contributed by atoms with Crippen molar-refractivity contribution in [1.29, 1.82) is 0 Å². The van der Waals surface area contributed by atoms with Crippen LogP contribution in [0.2, 0.25) is 0 Å². The summed E-state index contributed by atoms with van der Waals surface area (Å²) in [6, 6.07) is 21.2. The molecule has 3 rings (SSSR count). The van der Waals surface area contributed by atoms with Gasteiger partial charge < -0.3 is 14.8 Å². The molecule has 4 nitrogen and oxygen atoms in total. The summed E-state index contributed by atoms with van der Waals surface area (Å²) in [5.41, 5.74) is 1.71. The molecule has 1 atom stereocenters. The molecule has 0 aliphatic rings. The number of carbonyl (C=O) groups is 1. The summed E-state index contributed by atoms with van der Waals surface area (Å²) in [5, 5.41) is 13.0. The van der Waals surface area contributed by atoms with Gasteiger partial charge >= 0.3 is 0 Å². The van der Waals surface area contributed by atoms with E-state index < -0.39 is 6.10 Å². The Morgan fingerprint density at radius 2 is 1.81 bits per heavy atom. The maximum atomic E-state index is 11.9. The maximum absolute atomic E-state index is 11.9. The molecule has 2 N–H and O–H groups in total. The maximum Gasteiger partial charge on any atom is 0.220 e. The van der Waals surface area contributed by atoms with Gasteiger partial charge in [0, 0.05) is 29.2 Å². The first-order chi connectivity index (χ1) is 12.7. The van der Waals surface area contributed by atoms with E-state index in [1.54, 1.807) is 18.0 Å². The van der Waals surface area contributed by atoms with E-state index >= 15 is 0 Å². The number of aliphatic hydroxyl groups is 1. The van der Waals surface area contributed by atoms with Gasteiger partial charge in [0.25, 0.3) is 0 Å². The third-order valence-electron chi connectivity index (χ3n) is 3.93. The highest BCUT2D eigenvalue weighted by atomic mass is 32.2. The smallest absolute Gasteiger partial charge is 0.220 e. The molecule has 0 saturated carbocycles. The van der Waals surface area contributed by atoms with E-state index in [0.29, 0.717) is 12.2 Å². The number of nitrogens with one attached hydrogen (secondary N) is 1. The van der Waals surface area contributed by atoms with Crippen LogP contribution in [0.25, 0.3) is 11.3 Å². The van der Waals surface area contributed by atoms with Crippen LogP contribution in [0.15, 0.2) is 82.3 Å². The summed E-state index contributed by atoms with van der Waals surface area (Å²) < 4.78 is 5.35. The normalized spacial score (nSPS) is 11.9. The van der Waals surface area contributed by atoms with E-state index in [1.165, 1.54) is 0 Å². The number of hydrogen-bond acceptors (Lipinski definition) is 4. The summed E-state index contributed by atoms with van der Waals surface area (Å²) in [7, 11) is 0. The zero-order valence-electron chi connectivity index (χ0n) is 14.3. The van der Waals surface area contributed by atoms with Crippen LogP contribution in [0, 0.1) is 0 Å². The summed E-state index contributed by atoms with van der Waals surface area (Å²) >= 11 is 1.65. The average molecular weight is 367 g/mol. The number of benzene rings is 2. The van der Waals surface area contributed by atoms with Crippen molar-refractivity contribution in [3.05, 3.63) is 78.6 Å². The van der Waals surface area contributed by atoms with Crippen LogP contribution in [-0.2, 0) is 4.79 Å². The molecular weight excluding hydrogens is 346 g/mol. The number of rotatable bonds is 8. The van der Waals surface area contributed by atoms with Crippen LogP contribution >= 0.6 is 11.8 Å². The van der Waals surface area contributed by atoms with Gasteiger partial charge in [-0.15, -0.1) is 11.8 Å². The minimum absolute atomic E-state index is 0.0558. The Kier molecular flexibility index (Phi) is 6.52. The quantitative estimate of drug-likeness (QED) is 0.584. The second kappa shape index (κ2) is 9.27. The highest BCUT2D eigenvalue weighted by Crippen LogP contribution is 2.22. The van der Waals surface area contributed by atoms with Crippen molar-refractivity contribution < 1.29 is 14.3 Å². The second-order valence-electron chi connectivity index (χ2n) is 5.83. The van der Waals surface area contributed by atoms with Crippen LogP contribution in [0.3, 0.4) is 0 Å². The fraction of sp³-hybridized carbons (Fsp3) is 0.190. The monoisotopic (exact) mass is 367 g/mol. The third-order valence-corrected chi connectivity index (χ3v) is 4.95. The summed E-state index contributed by atoms with van der Waals surface area (Å²) in [4.78, 5) is 13.1. The highest BCUT2D eigenvalue weighted by Gasteiger charge is 2.10. The van der Waals surface area contributed by atoms with Gasteiger partial charge in [-0.2, -0.15) is 0 Å².